The van der Waals surface area contributed by atoms with Crippen molar-refractivity contribution in [1.82, 2.24) is 0 Å². The smallest absolute Gasteiger partial charge is 0.151 e. The van der Waals surface area contributed by atoms with Crippen LogP contribution in [0.2, 0.25) is 0 Å². The van der Waals surface area contributed by atoms with Crippen molar-refractivity contribution in [3.63, 3.8) is 0 Å². The van der Waals surface area contributed by atoms with Crippen LogP contribution in [0.1, 0.15) is 24.8 Å². The summed E-state index contributed by atoms with van der Waals surface area (Å²) < 4.78 is 22.7. The Bertz CT molecular complexity index is 457. The van der Waals surface area contributed by atoms with Gasteiger partial charge in [0.15, 0.2) is 9.84 Å². The van der Waals surface area contributed by atoms with Gasteiger partial charge in [-0.1, -0.05) is 25.1 Å². The zero-order chi connectivity index (χ0) is 12.9. The van der Waals surface area contributed by atoms with Crippen LogP contribution in [0.25, 0.3) is 0 Å². The molecule has 17 heavy (non-hydrogen) atoms. The Kier molecular flexibility index (Phi) is 5.28. The van der Waals surface area contributed by atoms with Gasteiger partial charge in [0.25, 0.3) is 0 Å². The molecule has 0 bridgehead atoms. The maximum Gasteiger partial charge on any atom is 0.151 e. The van der Waals surface area contributed by atoms with Crippen LogP contribution in [0.15, 0.2) is 24.3 Å². The molecule has 5 heteroatoms. The first-order chi connectivity index (χ1) is 7.96. The van der Waals surface area contributed by atoms with E-state index in [1.807, 2.05) is 31.2 Å². The highest BCUT2D eigenvalue weighted by molar-refractivity contribution is 7.91. The van der Waals surface area contributed by atoms with Crippen molar-refractivity contribution in [2.45, 2.75) is 19.2 Å². The summed E-state index contributed by atoms with van der Waals surface area (Å²) in [6, 6.07) is 7.67. The fraction of sp³-hybridized carbons (Fsp3) is 0.500. The number of hydrogen-bond acceptors (Lipinski definition) is 3. The average molecular weight is 276 g/mol. The van der Waals surface area contributed by atoms with Crippen molar-refractivity contribution in [3.05, 3.63) is 29.8 Å². The van der Waals surface area contributed by atoms with Gasteiger partial charge in [0, 0.05) is 18.0 Å². The maximum absolute atomic E-state index is 11.3. The summed E-state index contributed by atoms with van der Waals surface area (Å²) in [5.41, 5.74) is 1.89. The number of alkyl halides is 1. The van der Waals surface area contributed by atoms with E-state index in [-0.39, 0.29) is 16.9 Å². The fourth-order valence-electron chi connectivity index (χ4n) is 1.49. The van der Waals surface area contributed by atoms with Gasteiger partial charge < -0.3 is 5.32 Å². The molecule has 0 aromatic heterocycles. The summed E-state index contributed by atoms with van der Waals surface area (Å²) in [6.45, 7) is 3.96. The number of halogens is 1. The monoisotopic (exact) mass is 275 g/mol. The summed E-state index contributed by atoms with van der Waals surface area (Å²) in [6.07, 6.45) is 0. The van der Waals surface area contributed by atoms with Crippen molar-refractivity contribution >= 4 is 27.1 Å². The number of rotatable bonds is 6. The normalized spacial score (nSPS) is 13.4. The first-order valence-electron chi connectivity index (χ1n) is 5.63. The second-order valence-electron chi connectivity index (χ2n) is 3.87. The van der Waals surface area contributed by atoms with Gasteiger partial charge in [-0.25, -0.2) is 8.42 Å². The largest absolute Gasteiger partial charge is 0.384 e. The highest BCUT2D eigenvalue weighted by atomic mass is 35.5. The van der Waals surface area contributed by atoms with Gasteiger partial charge >= 0.3 is 0 Å². The molecule has 3 nitrogen and oxygen atoms in total. The molecule has 0 aliphatic heterocycles. The Labute approximate surface area is 108 Å². The van der Waals surface area contributed by atoms with Gasteiger partial charge in [0.1, 0.15) is 0 Å². The fourth-order valence-corrected chi connectivity index (χ4v) is 2.38. The molecule has 0 spiro atoms. The average Bonchev–Trinajstić information content (AvgIpc) is 2.29. The van der Waals surface area contributed by atoms with Crippen LogP contribution >= 0.6 is 11.6 Å². The molecular formula is C12H18ClNO2S. The molecule has 0 aliphatic rings. The van der Waals surface area contributed by atoms with Gasteiger partial charge in [-0.15, -0.1) is 11.6 Å². The Hall–Kier alpha value is -0.740. The highest BCUT2D eigenvalue weighted by Gasteiger charge is 2.09. The topological polar surface area (TPSA) is 46.2 Å². The van der Waals surface area contributed by atoms with Crippen LogP contribution in [0.4, 0.5) is 5.69 Å². The number of para-hydroxylation sites is 1. The van der Waals surface area contributed by atoms with E-state index in [9.17, 15) is 8.42 Å². The predicted molar refractivity (Wildman–Crippen MR) is 73.5 cm³/mol. The molecule has 1 unspecified atom stereocenters. The van der Waals surface area contributed by atoms with Crippen LogP contribution in [0, 0.1) is 0 Å². The second kappa shape index (κ2) is 6.26. The van der Waals surface area contributed by atoms with Crippen molar-refractivity contribution in [3.8, 4) is 0 Å². The van der Waals surface area contributed by atoms with Crippen LogP contribution in [0.3, 0.4) is 0 Å². The molecule has 96 valence electrons. The van der Waals surface area contributed by atoms with Crippen molar-refractivity contribution in [2.75, 3.05) is 23.4 Å². The molecule has 0 aliphatic carbocycles. The van der Waals surface area contributed by atoms with Gasteiger partial charge in [-0.05, 0) is 18.6 Å². The van der Waals surface area contributed by atoms with Gasteiger partial charge in [0.05, 0.1) is 11.1 Å². The van der Waals surface area contributed by atoms with E-state index in [2.05, 4.69) is 5.32 Å². The van der Waals surface area contributed by atoms with Gasteiger partial charge in [-0.2, -0.15) is 0 Å². The van der Waals surface area contributed by atoms with E-state index in [1.165, 1.54) is 0 Å². The van der Waals surface area contributed by atoms with E-state index in [1.54, 1.807) is 6.92 Å². The van der Waals surface area contributed by atoms with E-state index < -0.39 is 9.84 Å². The lowest BCUT2D eigenvalue weighted by atomic mass is 10.1. The van der Waals surface area contributed by atoms with Crippen LogP contribution in [-0.4, -0.2) is 26.5 Å². The Balaban J connectivity index is 2.64. The van der Waals surface area contributed by atoms with Crippen molar-refractivity contribution in [2.24, 2.45) is 0 Å². The third-order valence-corrected chi connectivity index (χ3v) is 4.50. The molecule has 0 heterocycles. The predicted octanol–water partition coefficient (Wildman–Crippen LogP) is 2.83. The maximum atomic E-state index is 11.3. The molecule has 0 radical (unpaired) electrons. The van der Waals surface area contributed by atoms with E-state index in [4.69, 9.17) is 11.6 Å². The summed E-state index contributed by atoms with van der Waals surface area (Å²) in [7, 11) is -2.92. The van der Waals surface area contributed by atoms with Crippen LogP contribution in [0.5, 0.6) is 0 Å². The van der Waals surface area contributed by atoms with E-state index in [0.29, 0.717) is 6.54 Å². The van der Waals surface area contributed by atoms with Crippen molar-refractivity contribution in [1.29, 1.82) is 0 Å². The third-order valence-electron chi connectivity index (χ3n) is 2.56. The Morgan fingerprint density at radius 1 is 1.35 bits per heavy atom. The lowest BCUT2D eigenvalue weighted by molar-refractivity contribution is 0.597. The Morgan fingerprint density at radius 3 is 2.59 bits per heavy atom. The second-order valence-corrected chi connectivity index (χ2v) is 6.99. The quantitative estimate of drug-likeness (QED) is 0.812. The molecule has 1 atom stereocenters. The molecule has 0 saturated carbocycles. The van der Waals surface area contributed by atoms with Gasteiger partial charge in [-0.3, -0.25) is 0 Å². The summed E-state index contributed by atoms with van der Waals surface area (Å²) in [5.74, 6) is 0.330. The number of sulfone groups is 1. The SMILES string of the molecule is CCS(=O)(=O)CCNc1ccccc1C(C)Cl. The van der Waals surface area contributed by atoms with E-state index in [0.717, 1.165) is 11.3 Å². The van der Waals surface area contributed by atoms with Crippen LogP contribution in [-0.2, 0) is 9.84 Å². The lowest BCUT2D eigenvalue weighted by Gasteiger charge is -2.13. The first-order valence-corrected chi connectivity index (χ1v) is 7.89. The lowest BCUT2D eigenvalue weighted by Crippen LogP contribution is -2.17. The molecule has 1 aromatic carbocycles. The number of hydrogen-bond donors (Lipinski definition) is 1. The minimum atomic E-state index is -2.92. The zero-order valence-electron chi connectivity index (χ0n) is 10.1. The molecule has 1 N–H and O–H groups in total. The molecule has 0 saturated heterocycles. The molecule has 1 aromatic rings. The first kappa shape index (κ1) is 14.3. The third kappa shape index (κ3) is 4.56. The zero-order valence-corrected chi connectivity index (χ0v) is 11.7. The van der Waals surface area contributed by atoms with Crippen molar-refractivity contribution < 1.29 is 8.42 Å². The molecular weight excluding hydrogens is 258 g/mol. The summed E-state index contributed by atoms with van der Waals surface area (Å²) in [4.78, 5) is 0. The van der Waals surface area contributed by atoms with Gasteiger partial charge in [0.2, 0.25) is 0 Å². The van der Waals surface area contributed by atoms with E-state index >= 15 is 0 Å². The minimum absolute atomic E-state index is 0.0958. The Morgan fingerprint density at radius 2 is 2.00 bits per heavy atom. The van der Waals surface area contributed by atoms with Crippen LogP contribution < -0.4 is 5.32 Å². The molecule has 1 rings (SSSR count). The summed E-state index contributed by atoms with van der Waals surface area (Å²) in [5, 5.41) is 3.03. The minimum Gasteiger partial charge on any atom is -0.384 e. The number of benzene rings is 1. The standard InChI is InChI=1S/C12H18ClNO2S/c1-3-17(15,16)9-8-14-12-7-5-4-6-11(12)10(2)13/h4-7,10,14H,3,8-9H2,1-2H3. The molecule has 0 amide bonds. The summed E-state index contributed by atoms with van der Waals surface area (Å²) >= 11 is 6.05. The molecule has 0 fully saturated rings. The number of anilines is 1. The number of nitrogens with one attached hydrogen (secondary N) is 1. The highest BCUT2D eigenvalue weighted by Crippen LogP contribution is 2.26.